The van der Waals surface area contributed by atoms with E-state index < -0.39 is 0 Å². The van der Waals surface area contributed by atoms with Gasteiger partial charge in [-0.2, -0.15) is 0 Å². The van der Waals surface area contributed by atoms with Crippen molar-refractivity contribution in [3.05, 3.63) is 51.6 Å². The van der Waals surface area contributed by atoms with E-state index in [2.05, 4.69) is 6.92 Å². The largest absolute Gasteiger partial charge is 0.504 e. The molecule has 140 valence electrons. The molecule has 26 heavy (non-hydrogen) atoms. The number of hydrogen-bond donors (Lipinski definition) is 0. The number of aryl methyl sites for hydroxylation is 1. The first-order valence-electron chi connectivity index (χ1n) is 8.64. The van der Waals surface area contributed by atoms with Crippen LogP contribution in [0.1, 0.15) is 30.0 Å². The third-order valence-corrected chi connectivity index (χ3v) is 4.52. The Morgan fingerprint density at radius 1 is 1.04 bits per heavy atom. The highest BCUT2D eigenvalue weighted by Gasteiger charge is 2.16. The number of aromatic nitrogens is 1. The second-order valence-electron chi connectivity index (χ2n) is 6.12. The van der Waals surface area contributed by atoms with Gasteiger partial charge in [0.05, 0.1) is 33.2 Å². The molecule has 0 atom stereocenters. The summed E-state index contributed by atoms with van der Waals surface area (Å²) in [5.74, 6) is 1.36. The molecule has 0 fully saturated rings. The van der Waals surface area contributed by atoms with Crippen molar-refractivity contribution >= 4 is 6.08 Å². The summed E-state index contributed by atoms with van der Waals surface area (Å²) in [4.78, 5) is 12.5. The topological polar surface area (TPSA) is 49.7 Å². The van der Waals surface area contributed by atoms with Crippen LogP contribution < -0.4 is 15.0 Å². The van der Waals surface area contributed by atoms with Crippen LogP contribution in [0.4, 0.5) is 0 Å². The van der Waals surface area contributed by atoms with Crippen LogP contribution in [0.5, 0.6) is 11.5 Å². The number of pyridine rings is 1. The predicted molar refractivity (Wildman–Crippen MR) is 105 cm³/mol. The molecule has 2 rings (SSSR count). The van der Waals surface area contributed by atoms with Gasteiger partial charge in [-0.3, -0.25) is 4.79 Å². The maximum Gasteiger partial charge on any atom is 0.253 e. The third-order valence-electron chi connectivity index (χ3n) is 4.52. The number of nitrogens with zero attached hydrogens (tertiary/aromatic N) is 1. The molecule has 0 amide bonds. The molecule has 0 spiro atoms. The lowest BCUT2D eigenvalue weighted by Crippen LogP contribution is -2.23. The summed E-state index contributed by atoms with van der Waals surface area (Å²) >= 11 is 0. The Balaban J connectivity index is 2.73. The number of hydrogen-bond acceptors (Lipinski definition) is 4. The number of ether oxygens (including phenoxy) is 3. The summed E-state index contributed by atoms with van der Waals surface area (Å²) in [6, 6.07) is 3.92. The van der Waals surface area contributed by atoms with Gasteiger partial charge in [0.1, 0.15) is 11.5 Å². The molecular formula is C21H27NO4. The van der Waals surface area contributed by atoms with Crippen molar-refractivity contribution in [3.8, 4) is 22.6 Å². The van der Waals surface area contributed by atoms with Gasteiger partial charge in [-0.1, -0.05) is 6.92 Å². The summed E-state index contributed by atoms with van der Waals surface area (Å²) in [5.41, 5.74) is 4.53. The Morgan fingerprint density at radius 2 is 1.65 bits per heavy atom. The molecular weight excluding hydrogens is 330 g/mol. The maximum atomic E-state index is 12.5. The molecule has 5 heteroatoms. The molecule has 0 aliphatic carbocycles. The molecule has 0 aliphatic rings. The maximum absolute atomic E-state index is 12.5. The summed E-state index contributed by atoms with van der Waals surface area (Å²) in [7, 11) is 4.84. The van der Waals surface area contributed by atoms with Crippen LogP contribution in [0.25, 0.3) is 17.2 Å². The van der Waals surface area contributed by atoms with Gasteiger partial charge in [0.15, 0.2) is 0 Å². The van der Waals surface area contributed by atoms with Gasteiger partial charge in [-0.15, -0.1) is 0 Å². The smallest absolute Gasteiger partial charge is 0.253 e. The summed E-state index contributed by atoms with van der Waals surface area (Å²) < 4.78 is 17.9. The standard InChI is InChI=1S/C21H27NO4/c1-7-9-22-13-18(14(2)15(3)21(22)23)16-11-19(25-5)17(8-10-24-4)20(12-16)26-6/h8,10-13H,7,9H2,1-6H3. The van der Waals surface area contributed by atoms with Crippen LogP contribution >= 0.6 is 0 Å². The van der Waals surface area contributed by atoms with Crippen LogP contribution in [0.15, 0.2) is 29.4 Å². The van der Waals surface area contributed by atoms with Gasteiger partial charge in [0.25, 0.3) is 5.56 Å². The van der Waals surface area contributed by atoms with Gasteiger partial charge in [-0.05, 0) is 49.6 Å². The molecule has 0 radical (unpaired) electrons. The second-order valence-corrected chi connectivity index (χ2v) is 6.12. The molecule has 0 unspecified atom stereocenters. The molecule has 0 saturated carbocycles. The monoisotopic (exact) mass is 357 g/mol. The lowest BCUT2D eigenvalue weighted by molar-refractivity contribution is 0.340. The van der Waals surface area contributed by atoms with E-state index in [0.29, 0.717) is 18.0 Å². The van der Waals surface area contributed by atoms with Crippen molar-refractivity contribution in [2.45, 2.75) is 33.7 Å². The molecule has 1 heterocycles. The highest BCUT2D eigenvalue weighted by atomic mass is 16.5. The Kier molecular flexibility index (Phi) is 6.50. The van der Waals surface area contributed by atoms with Crippen molar-refractivity contribution in [3.63, 3.8) is 0 Å². The third kappa shape index (κ3) is 3.77. The zero-order valence-corrected chi connectivity index (χ0v) is 16.4. The van der Waals surface area contributed by atoms with E-state index in [4.69, 9.17) is 14.2 Å². The van der Waals surface area contributed by atoms with Crippen molar-refractivity contribution in [2.75, 3.05) is 21.3 Å². The van der Waals surface area contributed by atoms with Crippen molar-refractivity contribution < 1.29 is 14.2 Å². The van der Waals surface area contributed by atoms with Crippen LogP contribution in [0.2, 0.25) is 0 Å². The Hall–Kier alpha value is -2.69. The minimum absolute atomic E-state index is 0.0617. The highest BCUT2D eigenvalue weighted by molar-refractivity contribution is 5.76. The van der Waals surface area contributed by atoms with E-state index in [1.807, 2.05) is 32.2 Å². The van der Waals surface area contributed by atoms with Gasteiger partial charge in [0.2, 0.25) is 0 Å². The molecule has 1 aromatic heterocycles. The Morgan fingerprint density at radius 3 is 2.15 bits per heavy atom. The number of rotatable bonds is 7. The van der Waals surface area contributed by atoms with Crippen LogP contribution in [-0.2, 0) is 11.3 Å². The zero-order valence-electron chi connectivity index (χ0n) is 16.4. The first-order valence-corrected chi connectivity index (χ1v) is 8.64. The first-order chi connectivity index (χ1) is 12.5. The first kappa shape index (κ1) is 19.6. The quantitative estimate of drug-likeness (QED) is 0.698. The Labute approximate surface area is 154 Å². The molecule has 0 bridgehead atoms. The van der Waals surface area contributed by atoms with Crippen molar-refractivity contribution in [2.24, 2.45) is 0 Å². The fraction of sp³-hybridized carbons (Fsp3) is 0.381. The van der Waals surface area contributed by atoms with E-state index in [9.17, 15) is 4.79 Å². The minimum Gasteiger partial charge on any atom is -0.504 e. The molecule has 5 nitrogen and oxygen atoms in total. The molecule has 0 aliphatic heterocycles. The highest BCUT2D eigenvalue weighted by Crippen LogP contribution is 2.37. The van der Waals surface area contributed by atoms with Gasteiger partial charge in [-0.25, -0.2) is 0 Å². The number of methoxy groups -OCH3 is 3. The zero-order chi connectivity index (χ0) is 19.3. The van der Waals surface area contributed by atoms with E-state index in [-0.39, 0.29) is 5.56 Å². The molecule has 0 N–H and O–H groups in total. The van der Waals surface area contributed by atoms with Gasteiger partial charge >= 0.3 is 0 Å². The average Bonchev–Trinajstić information content (AvgIpc) is 2.66. The molecule has 0 saturated heterocycles. The van der Waals surface area contributed by atoms with E-state index >= 15 is 0 Å². The Bertz CT molecular complexity index is 840. The summed E-state index contributed by atoms with van der Waals surface area (Å²) in [6.07, 6.45) is 6.21. The molecule has 2 aromatic rings. The minimum atomic E-state index is 0.0617. The fourth-order valence-electron chi connectivity index (χ4n) is 2.98. The normalized spacial score (nSPS) is 11.0. The van der Waals surface area contributed by atoms with Crippen LogP contribution in [0, 0.1) is 13.8 Å². The average molecular weight is 357 g/mol. The van der Waals surface area contributed by atoms with Gasteiger partial charge < -0.3 is 18.8 Å². The van der Waals surface area contributed by atoms with Gasteiger partial charge in [0, 0.05) is 23.9 Å². The lowest BCUT2D eigenvalue weighted by atomic mass is 9.97. The van der Waals surface area contributed by atoms with Crippen LogP contribution in [-0.4, -0.2) is 25.9 Å². The van der Waals surface area contributed by atoms with E-state index in [1.165, 1.54) is 0 Å². The van der Waals surface area contributed by atoms with Crippen molar-refractivity contribution in [1.82, 2.24) is 4.57 Å². The summed E-state index contributed by atoms with van der Waals surface area (Å²) in [5, 5.41) is 0. The van der Waals surface area contributed by atoms with Crippen molar-refractivity contribution in [1.29, 1.82) is 0 Å². The summed E-state index contributed by atoms with van der Waals surface area (Å²) in [6.45, 7) is 6.59. The SMILES string of the molecule is CCCn1cc(-c2cc(OC)c(C=COC)c(OC)c2)c(C)c(C)c1=O. The van der Waals surface area contributed by atoms with E-state index in [1.54, 1.807) is 38.2 Å². The number of benzene rings is 1. The van der Waals surface area contributed by atoms with Crippen LogP contribution in [0.3, 0.4) is 0 Å². The van der Waals surface area contributed by atoms with E-state index in [0.717, 1.165) is 34.2 Å². The fourth-order valence-corrected chi connectivity index (χ4v) is 2.98. The second kappa shape index (κ2) is 8.61. The molecule has 1 aromatic carbocycles. The predicted octanol–water partition coefficient (Wildman–Crippen LogP) is 4.18. The lowest BCUT2D eigenvalue weighted by Gasteiger charge is -2.17.